The van der Waals surface area contributed by atoms with Crippen LogP contribution in [0.25, 0.3) is 0 Å². The van der Waals surface area contributed by atoms with E-state index < -0.39 is 17.6 Å². The van der Waals surface area contributed by atoms with E-state index in [2.05, 4.69) is 48.6 Å². The Morgan fingerprint density at radius 3 is 1.54 bits per heavy atom. The van der Waals surface area contributed by atoms with Crippen LogP contribution in [0.15, 0.2) is 91.0 Å². The van der Waals surface area contributed by atoms with Gasteiger partial charge in [-0.25, -0.2) is 0 Å². The molecule has 3 aromatic rings. The second-order valence-corrected chi connectivity index (χ2v) is 7.03. The topological polar surface area (TPSA) is 49.3 Å². The van der Waals surface area contributed by atoms with Gasteiger partial charge in [0, 0.05) is 0 Å². The summed E-state index contributed by atoms with van der Waals surface area (Å²) in [4.78, 5) is 12.1. The van der Waals surface area contributed by atoms with Crippen LogP contribution in [-0.2, 0) is 10.3 Å². The Bertz CT molecular complexity index is 766. The van der Waals surface area contributed by atoms with Crippen molar-refractivity contribution in [2.24, 2.45) is 0 Å². The van der Waals surface area contributed by atoms with Gasteiger partial charge in [0.25, 0.3) is 0 Å². The van der Waals surface area contributed by atoms with Gasteiger partial charge in [0.1, 0.15) is 6.04 Å². The molecule has 0 aliphatic rings. The van der Waals surface area contributed by atoms with Crippen molar-refractivity contribution in [1.29, 1.82) is 0 Å². The molecule has 0 aliphatic carbocycles. The fraction of sp³-hybridized carbons (Fsp3) is 0.240. The van der Waals surface area contributed by atoms with Crippen molar-refractivity contribution in [2.45, 2.75) is 37.8 Å². The first kappa shape index (κ1) is 19.8. The third kappa shape index (κ3) is 4.15. The van der Waals surface area contributed by atoms with Crippen LogP contribution in [0.2, 0.25) is 0 Å². The molecule has 0 radical (unpaired) electrons. The Morgan fingerprint density at radius 1 is 0.821 bits per heavy atom. The van der Waals surface area contributed by atoms with Gasteiger partial charge in [0.05, 0.1) is 5.54 Å². The van der Waals surface area contributed by atoms with Crippen LogP contribution in [-0.4, -0.2) is 17.1 Å². The minimum absolute atomic E-state index is 0.583. The largest absolute Gasteiger partial charge is 0.480 e. The number of unbranched alkanes of at least 4 members (excludes halogenated alkanes) is 1. The van der Waals surface area contributed by atoms with E-state index in [9.17, 15) is 9.90 Å². The number of hydrogen-bond acceptors (Lipinski definition) is 2. The maximum atomic E-state index is 12.1. The highest BCUT2D eigenvalue weighted by atomic mass is 16.4. The summed E-state index contributed by atoms with van der Waals surface area (Å²) in [5, 5.41) is 13.5. The Hall–Kier alpha value is -2.91. The van der Waals surface area contributed by atoms with Crippen LogP contribution in [0.5, 0.6) is 0 Å². The maximum Gasteiger partial charge on any atom is 0.320 e. The Morgan fingerprint density at radius 2 is 1.21 bits per heavy atom. The molecule has 3 rings (SSSR count). The molecule has 0 bridgehead atoms. The molecule has 0 saturated heterocycles. The minimum Gasteiger partial charge on any atom is -0.480 e. The number of nitrogens with one attached hydrogen (secondary N) is 1. The fourth-order valence-electron chi connectivity index (χ4n) is 3.74. The van der Waals surface area contributed by atoms with Crippen LogP contribution >= 0.6 is 0 Å². The van der Waals surface area contributed by atoms with E-state index in [-0.39, 0.29) is 0 Å². The Kier molecular flexibility index (Phi) is 6.62. The molecule has 3 heteroatoms. The minimum atomic E-state index is -0.819. The SMILES string of the molecule is CCCC[C@@H](NC(c1ccccc1)(c1ccccc1)c1ccccc1)C(=O)O. The summed E-state index contributed by atoms with van der Waals surface area (Å²) < 4.78 is 0. The van der Waals surface area contributed by atoms with Crippen LogP contribution < -0.4 is 5.32 Å². The number of aliphatic carboxylic acids is 1. The van der Waals surface area contributed by atoms with E-state index in [0.29, 0.717) is 6.42 Å². The van der Waals surface area contributed by atoms with Gasteiger partial charge in [-0.15, -0.1) is 0 Å². The lowest BCUT2D eigenvalue weighted by atomic mass is 9.76. The van der Waals surface area contributed by atoms with Gasteiger partial charge in [0.15, 0.2) is 0 Å². The standard InChI is InChI=1S/C25H27NO2/c1-2-3-19-23(24(27)28)26-25(20-13-7-4-8-14-20,21-15-9-5-10-16-21)22-17-11-6-12-18-22/h4-18,23,26H,2-3,19H2,1H3,(H,27,28)/t23-/m1/s1. The molecule has 0 spiro atoms. The molecule has 0 amide bonds. The molecule has 0 aliphatic heterocycles. The summed E-state index contributed by atoms with van der Waals surface area (Å²) in [6.45, 7) is 2.08. The first-order valence-electron chi connectivity index (χ1n) is 9.85. The van der Waals surface area contributed by atoms with E-state index in [1.54, 1.807) is 0 Å². The maximum absolute atomic E-state index is 12.1. The zero-order valence-corrected chi connectivity index (χ0v) is 16.2. The van der Waals surface area contributed by atoms with Gasteiger partial charge in [-0.3, -0.25) is 10.1 Å². The number of benzene rings is 3. The molecule has 1 atom stereocenters. The average molecular weight is 373 g/mol. The zero-order chi connectivity index (χ0) is 19.8. The van der Waals surface area contributed by atoms with E-state index in [1.807, 2.05) is 54.6 Å². The summed E-state index contributed by atoms with van der Waals surface area (Å²) in [6.07, 6.45) is 2.40. The van der Waals surface area contributed by atoms with Gasteiger partial charge in [-0.05, 0) is 23.1 Å². The highest BCUT2D eigenvalue weighted by Gasteiger charge is 2.39. The predicted octanol–water partition coefficient (Wildman–Crippen LogP) is 5.21. The summed E-state index contributed by atoms with van der Waals surface area (Å²) >= 11 is 0. The van der Waals surface area contributed by atoms with Crippen LogP contribution in [0, 0.1) is 0 Å². The first-order valence-corrected chi connectivity index (χ1v) is 9.85. The summed E-state index contributed by atoms with van der Waals surface area (Å²) in [5.74, 6) is -0.819. The van der Waals surface area contributed by atoms with Crippen molar-refractivity contribution < 1.29 is 9.90 Å². The number of carboxylic acids is 1. The third-order valence-corrected chi connectivity index (χ3v) is 5.16. The van der Waals surface area contributed by atoms with E-state index >= 15 is 0 Å². The molecule has 28 heavy (non-hydrogen) atoms. The molecule has 0 saturated carbocycles. The van der Waals surface area contributed by atoms with Crippen LogP contribution in [0.4, 0.5) is 0 Å². The van der Waals surface area contributed by atoms with E-state index in [0.717, 1.165) is 29.5 Å². The lowest BCUT2D eigenvalue weighted by Gasteiger charge is -2.39. The number of hydrogen-bond donors (Lipinski definition) is 2. The van der Waals surface area contributed by atoms with Gasteiger partial charge < -0.3 is 5.11 Å². The van der Waals surface area contributed by atoms with Crippen molar-refractivity contribution in [1.82, 2.24) is 5.32 Å². The second kappa shape index (κ2) is 9.34. The van der Waals surface area contributed by atoms with Crippen molar-refractivity contribution in [3.8, 4) is 0 Å². The number of rotatable bonds is 9. The number of carboxylic acid groups (broad SMARTS) is 1. The molecule has 2 N–H and O–H groups in total. The average Bonchev–Trinajstić information content (AvgIpc) is 2.76. The lowest BCUT2D eigenvalue weighted by molar-refractivity contribution is -0.140. The molecule has 0 heterocycles. The highest BCUT2D eigenvalue weighted by Crippen LogP contribution is 2.37. The summed E-state index contributed by atoms with van der Waals surface area (Å²) in [5.41, 5.74) is 2.32. The Balaban J connectivity index is 2.23. The molecule has 144 valence electrons. The van der Waals surface area contributed by atoms with Crippen LogP contribution in [0.1, 0.15) is 42.9 Å². The fourth-order valence-corrected chi connectivity index (χ4v) is 3.74. The molecule has 3 aromatic carbocycles. The molecule has 0 fully saturated rings. The molecule has 0 aromatic heterocycles. The van der Waals surface area contributed by atoms with Crippen molar-refractivity contribution in [2.75, 3.05) is 0 Å². The third-order valence-electron chi connectivity index (χ3n) is 5.16. The van der Waals surface area contributed by atoms with E-state index in [1.165, 1.54) is 0 Å². The number of carbonyl (C=O) groups is 1. The molecule has 0 unspecified atom stereocenters. The first-order chi connectivity index (χ1) is 13.7. The van der Waals surface area contributed by atoms with Crippen molar-refractivity contribution in [3.63, 3.8) is 0 Å². The van der Waals surface area contributed by atoms with Gasteiger partial charge in [-0.2, -0.15) is 0 Å². The van der Waals surface area contributed by atoms with Crippen molar-refractivity contribution >= 4 is 5.97 Å². The molecular weight excluding hydrogens is 346 g/mol. The molecule has 3 nitrogen and oxygen atoms in total. The van der Waals surface area contributed by atoms with Crippen LogP contribution in [0.3, 0.4) is 0 Å². The van der Waals surface area contributed by atoms with Gasteiger partial charge >= 0.3 is 5.97 Å². The highest BCUT2D eigenvalue weighted by molar-refractivity contribution is 5.74. The Labute approximate surface area is 167 Å². The second-order valence-electron chi connectivity index (χ2n) is 7.03. The molecular formula is C25H27NO2. The van der Waals surface area contributed by atoms with Gasteiger partial charge in [0.2, 0.25) is 0 Å². The van der Waals surface area contributed by atoms with Gasteiger partial charge in [-0.1, -0.05) is 111 Å². The summed E-state index contributed by atoms with van der Waals surface area (Å²) in [6, 6.07) is 29.7. The summed E-state index contributed by atoms with van der Waals surface area (Å²) in [7, 11) is 0. The predicted molar refractivity (Wildman–Crippen MR) is 113 cm³/mol. The quantitative estimate of drug-likeness (QED) is 0.506. The van der Waals surface area contributed by atoms with Crippen molar-refractivity contribution in [3.05, 3.63) is 108 Å². The normalized spacial score (nSPS) is 12.5. The smallest absolute Gasteiger partial charge is 0.320 e. The monoisotopic (exact) mass is 373 g/mol. The van der Waals surface area contributed by atoms with E-state index in [4.69, 9.17) is 0 Å². The zero-order valence-electron chi connectivity index (χ0n) is 16.2. The lowest BCUT2D eigenvalue weighted by Crippen LogP contribution is -2.52.